The van der Waals surface area contributed by atoms with Crippen LogP contribution in [0, 0.1) is 21.0 Å². The van der Waals surface area contributed by atoms with Crippen LogP contribution in [0.3, 0.4) is 0 Å². The maximum atomic E-state index is 7.14. The number of hydrogen-bond donors (Lipinski definition) is 0. The summed E-state index contributed by atoms with van der Waals surface area (Å²) in [4.78, 5) is 10.3. The van der Waals surface area contributed by atoms with Crippen molar-refractivity contribution in [3.05, 3.63) is 198 Å². The molecule has 410 valence electrons. The highest BCUT2D eigenvalue weighted by molar-refractivity contribution is 14.1. The average molecular weight is 1330 g/mol. The maximum Gasteiger partial charge on any atom is 0.253 e. The number of anilines is 6. The summed E-state index contributed by atoms with van der Waals surface area (Å²) in [5.74, 6) is 3.40. The summed E-state index contributed by atoms with van der Waals surface area (Å²) < 4.78 is 16.5. The van der Waals surface area contributed by atoms with Gasteiger partial charge < -0.3 is 19.3 Å². The van der Waals surface area contributed by atoms with Gasteiger partial charge in [-0.3, -0.25) is 0 Å². The van der Waals surface area contributed by atoms with E-state index in [9.17, 15) is 0 Å². The molecule has 0 spiro atoms. The van der Waals surface area contributed by atoms with Crippen molar-refractivity contribution < 1.29 is 9.47 Å². The first-order chi connectivity index (χ1) is 40.1. The third-order valence-electron chi connectivity index (χ3n) is 17.0. The molecule has 0 saturated heterocycles. The number of unbranched alkanes of at least 4 members (excludes halogenated alkanes) is 4. The zero-order valence-corrected chi connectivity index (χ0v) is 53.9. The van der Waals surface area contributed by atoms with Gasteiger partial charge in [0, 0.05) is 73.0 Å². The number of halogens is 2. The van der Waals surface area contributed by atoms with E-state index in [1.807, 2.05) is 23.5 Å². The van der Waals surface area contributed by atoms with E-state index >= 15 is 0 Å². The second kappa shape index (κ2) is 23.9. The van der Waals surface area contributed by atoms with Crippen molar-refractivity contribution in [1.29, 1.82) is 0 Å². The van der Waals surface area contributed by atoms with Crippen molar-refractivity contribution in [2.45, 2.75) is 138 Å². The van der Waals surface area contributed by atoms with Gasteiger partial charge in [-0.25, -0.2) is 0 Å². The monoisotopic (exact) mass is 1330 g/mol. The molecule has 0 fully saturated rings. The molecule has 4 nitrogen and oxygen atoms in total. The van der Waals surface area contributed by atoms with Crippen LogP contribution in [0.4, 0.5) is 34.1 Å². The Morgan fingerprint density at radius 2 is 0.854 bits per heavy atom. The summed E-state index contributed by atoms with van der Waals surface area (Å²) in [6.45, 7) is 13.6. The van der Waals surface area contributed by atoms with E-state index in [1.165, 1.54) is 143 Å². The van der Waals surface area contributed by atoms with Gasteiger partial charge >= 0.3 is 0 Å². The molecule has 10 heteroatoms. The Morgan fingerprint density at radius 1 is 0.390 bits per heavy atom. The number of ether oxygens (including phenoxy) is 2. The first-order valence-electron chi connectivity index (χ1n) is 29.9. The maximum absolute atomic E-state index is 7.14. The van der Waals surface area contributed by atoms with E-state index in [-0.39, 0.29) is 13.4 Å². The van der Waals surface area contributed by atoms with E-state index in [0.29, 0.717) is 0 Å². The summed E-state index contributed by atoms with van der Waals surface area (Å²) in [6, 6.07) is 60.5. The molecule has 4 aliphatic heterocycles. The van der Waals surface area contributed by atoms with Crippen LogP contribution in [-0.4, -0.2) is 13.4 Å². The van der Waals surface area contributed by atoms with E-state index in [2.05, 4.69) is 254 Å². The Morgan fingerprint density at radius 3 is 1.43 bits per heavy atom. The lowest BCUT2D eigenvalue weighted by atomic mass is 9.31. The van der Waals surface area contributed by atoms with E-state index in [1.54, 1.807) is 0 Å². The molecule has 4 heterocycles. The Bertz CT molecular complexity index is 3890. The van der Waals surface area contributed by atoms with Gasteiger partial charge in [0.2, 0.25) is 6.71 Å². The van der Waals surface area contributed by atoms with Crippen LogP contribution in [0.15, 0.2) is 177 Å². The van der Waals surface area contributed by atoms with Crippen LogP contribution in [0.1, 0.15) is 112 Å². The van der Waals surface area contributed by atoms with E-state index < -0.39 is 0 Å². The lowest BCUT2D eigenvalue weighted by Gasteiger charge is -2.45. The van der Waals surface area contributed by atoms with Gasteiger partial charge in [0.05, 0.1) is 0 Å². The number of fused-ring (bicyclic) bond motifs is 8. The Labute approximate surface area is 523 Å². The van der Waals surface area contributed by atoms with Crippen molar-refractivity contribution in [2.24, 2.45) is 0 Å². The molecule has 9 aromatic rings. The highest BCUT2D eigenvalue weighted by Crippen LogP contribution is 2.49. The van der Waals surface area contributed by atoms with Crippen LogP contribution in [0.25, 0.3) is 0 Å². The van der Waals surface area contributed by atoms with E-state index in [4.69, 9.17) is 9.47 Å². The molecular weight excluding hydrogens is 1260 g/mol. The molecule has 9 aromatic carbocycles. The minimum absolute atomic E-state index is 0.0433. The normalized spacial score (nSPS) is 13.3. The summed E-state index contributed by atoms with van der Waals surface area (Å²) in [5.41, 5.74) is 23.3. The molecule has 82 heavy (non-hydrogen) atoms. The summed E-state index contributed by atoms with van der Waals surface area (Å²) in [7, 11) is 0. The number of hydrogen-bond acceptors (Lipinski definition) is 6. The molecule has 0 saturated carbocycles. The second-order valence-electron chi connectivity index (χ2n) is 23.0. The third-order valence-corrected chi connectivity index (χ3v) is 20.9. The van der Waals surface area contributed by atoms with Gasteiger partial charge in [-0.1, -0.05) is 142 Å². The number of benzene rings is 9. The summed E-state index contributed by atoms with van der Waals surface area (Å²) in [6.07, 6.45) is 13.7. The molecule has 0 bridgehead atoms. The highest BCUT2D eigenvalue weighted by Gasteiger charge is 2.48. The fraction of sp³-hybridized carbons (Fsp3) is 0.250. The third kappa shape index (κ3) is 10.6. The molecule has 13 rings (SSSR count). The lowest BCUT2D eigenvalue weighted by molar-refractivity contribution is 0.480. The summed E-state index contributed by atoms with van der Waals surface area (Å²) >= 11 is 8.97. The van der Waals surface area contributed by atoms with Crippen LogP contribution < -0.4 is 52.1 Å². The molecule has 0 atom stereocenters. The first-order valence-corrected chi connectivity index (χ1v) is 33.7. The smallest absolute Gasteiger partial charge is 0.253 e. The quantitative estimate of drug-likeness (QED) is 0.0627. The lowest BCUT2D eigenvalue weighted by Crippen LogP contribution is -2.65. The Hall–Kier alpha value is -5.53. The van der Waals surface area contributed by atoms with Crippen LogP contribution in [0.2, 0.25) is 0 Å². The van der Waals surface area contributed by atoms with Crippen molar-refractivity contribution in [3.8, 4) is 23.0 Å². The van der Waals surface area contributed by atoms with Crippen molar-refractivity contribution in [3.63, 3.8) is 0 Å². The number of nitrogens with zero attached hydrogens (tertiary/aromatic N) is 2. The molecular formula is C72H68B2I2N2O2S2. The second-order valence-corrected chi connectivity index (χ2v) is 27.5. The van der Waals surface area contributed by atoms with Crippen molar-refractivity contribution in [2.75, 3.05) is 9.80 Å². The zero-order valence-electron chi connectivity index (χ0n) is 47.9. The van der Waals surface area contributed by atoms with Crippen molar-refractivity contribution in [1.82, 2.24) is 0 Å². The van der Waals surface area contributed by atoms with Gasteiger partial charge in [-0.2, -0.15) is 0 Å². The summed E-state index contributed by atoms with van der Waals surface area (Å²) in [5, 5.41) is 0. The van der Waals surface area contributed by atoms with Gasteiger partial charge in [-0.05, 0) is 257 Å². The predicted molar refractivity (Wildman–Crippen MR) is 369 cm³/mol. The van der Waals surface area contributed by atoms with Gasteiger partial charge in [0.15, 0.2) is 0 Å². The van der Waals surface area contributed by atoms with Crippen molar-refractivity contribution >= 4 is 149 Å². The van der Waals surface area contributed by atoms with Crippen LogP contribution in [0.5, 0.6) is 23.0 Å². The molecule has 0 aliphatic carbocycles. The number of aryl methyl sites for hydroxylation is 6. The standard InChI is InChI=1S/C72H68B2I2N2O2S2/c1-7-11-15-47-19-27-52(28-20-47)78-62-37-46(6)36-60(76)70(62)73-58-43-59-65(44-61(58)77(53-29-25-51(75)26-30-53)63-39-56(40-64(78)71(63)73)79-54-31-21-48(22-32-54)16-12-8-2)81-67-41-57(80-55-33-23-49(24-34-55)17-13-9-3)42-68-72(67)74(59)69-50(18-14-10-4)35-45(5)38-66(69)82-68/h19-44H,7-18H2,1-6H3. The largest absolute Gasteiger partial charge is 0.457 e. The molecule has 4 aliphatic rings. The molecule has 0 amide bonds. The Balaban J connectivity index is 1.05. The molecule has 0 radical (unpaired) electrons. The topological polar surface area (TPSA) is 24.9 Å². The first kappa shape index (κ1) is 55.6. The molecule has 0 aromatic heterocycles. The van der Waals surface area contributed by atoms with Gasteiger partial charge in [-0.15, -0.1) is 0 Å². The molecule has 0 N–H and O–H groups in total. The van der Waals surface area contributed by atoms with Crippen LogP contribution >= 0.6 is 68.7 Å². The fourth-order valence-corrected chi connectivity index (χ4v) is 17.1. The minimum Gasteiger partial charge on any atom is -0.457 e. The number of rotatable bonds is 18. The predicted octanol–water partition coefficient (Wildman–Crippen LogP) is 18.0. The van der Waals surface area contributed by atoms with Gasteiger partial charge in [0.25, 0.3) is 6.71 Å². The SMILES string of the molecule is CCCCc1ccc(Oc2cc3c4c(c2)Sc2cc(C)cc(CCCC)c2B4c2cc4c(cc2S3)N(c2ccc(I)cc2)c2cc(Oc3ccc(CCCC)cc3)cc3c2B4c2c(I)cc(C)cc2N3c2ccc(CCCC)cc2)cc1. The average Bonchev–Trinajstić information content (AvgIpc) is 1.33. The van der Waals surface area contributed by atoms with Crippen LogP contribution in [-0.2, 0) is 25.7 Å². The van der Waals surface area contributed by atoms with E-state index in [0.717, 1.165) is 84.3 Å². The Kier molecular flexibility index (Phi) is 16.2. The fourth-order valence-electron chi connectivity index (χ4n) is 13.0. The highest BCUT2D eigenvalue weighted by atomic mass is 127. The molecule has 0 unspecified atom stereocenters. The minimum atomic E-state index is -0.0788. The zero-order chi connectivity index (χ0) is 56.2. The van der Waals surface area contributed by atoms with Gasteiger partial charge in [0.1, 0.15) is 23.0 Å².